The van der Waals surface area contributed by atoms with E-state index in [-0.39, 0.29) is 5.91 Å². The minimum atomic E-state index is 0.0692. The summed E-state index contributed by atoms with van der Waals surface area (Å²) in [4.78, 5) is 12.4. The van der Waals surface area contributed by atoms with Crippen molar-refractivity contribution in [3.8, 4) is 11.6 Å². The molecule has 1 fully saturated rings. The summed E-state index contributed by atoms with van der Waals surface area (Å²) in [5.74, 6) is 2.37. The van der Waals surface area contributed by atoms with E-state index < -0.39 is 0 Å². The van der Waals surface area contributed by atoms with Crippen molar-refractivity contribution in [3.63, 3.8) is 0 Å². The molecule has 1 aliphatic carbocycles. The Labute approximate surface area is 169 Å². The lowest BCUT2D eigenvalue weighted by Gasteiger charge is -2.29. The zero-order valence-corrected chi connectivity index (χ0v) is 17.2. The Balaban J connectivity index is 1.44. The van der Waals surface area contributed by atoms with Crippen LogP contribution in [0.15, 0.2) is 39.9 Å². The summed E-state index contributed by atoms with van der Waals surface area (Å²) in [6.45, 7) is 4.98. The molecule has 3 aromatic rings. The van der Waals surface area contributed by atoms with Crippen molar-refractivity contribution in [1.29, 1.82) is 0 Å². The van der Waals surface area contributed by atoms with Gasteiger partial charge in [0.05, 0.1) is 5.75 Å². The lowest BCUT2D eigenvalue weighted by molar-refractivity contribution is -0.119. The maximum Gasteiger partial charge on any atom is 0.230 e. The van der Waals surface area contributed by atoms with E-state index in [4.69, 9.17) is 4.42 Å². The molecule has 2 aromatic heterocycles. The fraction of sp³-hybridized carbons (Fsp3) is 0.476. The average Bonchev–Trinajstić information content (AvgIpc) is 3.31. The third-order valence-corrected chi connectivity index (χ3v) is 6.44. The lowest BCUT2D eigenvalue weighted by Crippen LogP contribution is -2.41. The Morgan fingerprint density at radius 3 is 2.89 bits per heavy atom. The van der Waals surface area contributed by atoms with Crippen LogP contribution in [0.4, 0.5) is 0 Å². The van der Waals surface area contributed by atoms with Gasteiger partial charge < -0.3 is 9.73 Å². The molecular formula is C21H26N4O2S. The number of nitrogens with zero attached hydrogens (tertiary/aromatic N) is 3. The van der Waals surface area contributed by atoms with Crippen LogP contribution in [-0.4, -0.2) is 32.5 Å². The van der Waals surface area contributed by atoms with Crippen LogP contribution in [0.1, 0.15) is 39.5 Å². The van der Waals surface area contributed by atoms with Gasteiger partial charge in [0.2, 0.25) is 11.7 Å². The van der Waals surface area contributed by atoms with Crippen LogP contribution in [0.5, 0.6) is 0 Å². The van der Waals surface area contributed by atoms with Gasteiger partial charge in [0.1, 0.15) is 5.58 Å². The first-order valence-electron chi connectivity index (χ1n) is 10.00. The molecule has 0 spiro atoms. The van der Waals surface area contributed by atoms with Gasteiger partial charge in [-0.15, -0.1) is 10.2 Å². The number of hydrogen-bond donors (Lipinski definition) is 1. The first-order valence-corrected chi connectivity index (χ1v) is 11.0. The van der Waals surface area contributed by atoms with Crippen LogP contribution >= 0.6 is 11.8 Å². The van der Waals surface area contributed by atoms with Crippen LogP contribution in [0.25, 0.3) is 22.6 Å². The first-order chi connectivity index (χ1) is 13.7. The highest BCUT2D eigenvalue weighted by atomic mass is 32.2. The van der Waals surface area contributed by atoms with Crippen molar-refractivity contribution in [2.45, 2.75) is 57.3 Å². The fourth-order valence-corrected chi connectivity index (χ4v) is 4.68. The second-order valence-corrected chi connectivity index (χ2v) is 8.37. The summed E-state index contributed by atoms with van der Waals surface area (Å²) in [5, 5.41) is 13.6. The zero-order valence-electron chi connectivity index (χ0n) is 16.4. The Kier molecular flexibility index (Phi) is 5.71. The van der Waals surface area contributed by atoms with Gasteiger partial charge >= 0.3 is 0 Å². The molecule has 1 saturated carbocycles. The van der Waals surface area contributed by atoms with Gasteiger partial charge in [-0.2, -0.15) is 0 Å². The van der Waals surface area contributed by atoms with E-state index >= 15 is 0 Å². The number of amides is 1. The van der Waals surface area contributed by atoms with Crippen LogP contribution < -0.4 is 5.32 Å². The smallest absolute Gasteiger partial charge is 0.230 e. The summed E-state index contributed by atoms with van der Waals surface area (Å²) in [6, 6.07) is 10.2. The number of benzene rings is 1. The van der Waals surface area contributed by atoms with Gasteiger partial charge in [-0.05, 0) is 37.8 Å². The van der Waals surface area contributed by atoms with Crippen molar-refractivity contribution in [2.75, 3.05) is 5.75 Å². The van der Waals surface area contributed by atoms with Crippen LogP contribution in [-0.2, 0) is 11.3 Å². The first kappa shape index (κ1) is 19.1. The number of hydrogen-bond acceptors (Lipinski definition) is 5. The van der Waals surface area contributed by atoms with Crippen molar-refractivity contribution in [3.05, 3.63) is 30.3 Å². The van der Waals surface area contributed by atoms with Crippen LogP contribution in [0, 0.1) is 5.92 Å². The van der Waals surface area contributed by atoms with E-state index in [1.807, 2.05) is 41.8 Å². The SMILES string of the molecule is CCn1c(SCC(=O)NC2CCCCC2C)nnc1-c1cc2ccccc2o1. The molecule has 0 radical (unpaired) electrons. The van der Waals surface area contributed by atoms with E-state index in [0.717, 1.165) is 22.5 Å². The normalized spacial score (nSPS) is 19.8. The van der Waals surface area contributed by atoms with Gasteiger partial charge in [0.15, 0.2) is 10.9 Å². The molecule has 7 heteroatoms. The molecule has 0 aliphatic heterocycles. The standard InChI is InChI=1S/C21H26N4O2S/c1-3-25-20(18-12-15-9-5-7-11-17(15)27-18)23-24-21(25)28-13-19(26)22-16-10-6-4-8-14(16)2/h5,7,9,11-12,14,16H,3-4,6,8,10,13H2,1-2H3,(H,22,26). The summed E-state index contributed by atoms with van der Waals surface area (Å²) in [6.07, 6.45) is 4.75. The predicted molar refractivity (Wildman–Crippen MR) is 111 cm³/mol. The molecular weight excluding hydrogens is 372 g/mol. The number of carbonyl (C=O) groups is 1. The molecule has 2 unspecified atom stereocenters. The molecule has 28 heavy (non-hydrogen) atoms. The van der Waals surface area contributed by atoms with Crippen molar-refractivity contribution in [2.24, 2.45) is 5.92 Å². The minimum absolute atomic E-state index is 0.0692. The Morgan fingerprint density at radius 1 is 1.29 bits per heavy atom. The number of carbonyl (C=O) groups excluding carboxylic acids is 1. The second-order valence-electron chi connectivity index (χ2n) is 7.42. The maximum absolute atomic E-state index is 12.4. The van der Waals surface area contributed by atoms with Gasteiger partial charge in [-0.1, -0.05) is 49.7 Å². The van der Waals surface area contributed by atoms with Crippen molar-refractivity contribution < 1.29 is 9.21 Å². The molecule has 1 aromatic carbocycles. The van der Waals surface area contributed by atoms with Crippen LogP contribution in [0.2, 0.25) is 0 Å². The van der Waals surface area contributed by atoms with Crippen molar-refractivity contribution >= 4 is 28.6 Å². The summed E-state index contributed by atoms with van der Waals surface area (Å²) in [7, 11) is 0. The summed E-state index contributed by atoms with van der Waals surface area (Å²) >= 11 is 1.43. The Hall–Kier alpha value is -2.28. The average molecular weight is 399 g/mol. The molecule has 0 saturated heterocycles. The monoisotopic (exact) mass is 398 g/mol. The number of furan rings is 1. The number of aromatic nitrogens is 3. The zero-order chi connectivity index (χ0) is 19.5. The minimum Gasteiger partial charge on any atom is -0.453 e. The van der Waals surface area contributed by atoms with Crippen LogP contribution in [0.3, 0.4) is 0 Å². The van der Waals surface area contributed by atoms with E-state index in [0.29, 0.717) is 35.8 Å². The molecule has 2 atom stereocenters. The number of para-hydroxylation sites is 1. The second kappa shape index (κ2) is 8.39. The molecule has 1 amide bonds. The summed E-state index contributed by atoms with van der Waals surface area (Å²) in [5.41, 5.74) is 0.832. The third-order valence-electron chi connectivity index (χ3n) is 5.47. The molecule has 1 aliphatic rings. The molecule has 6 nitrogen and oxygen atoms in total. The van der Waals surface area contributed by atoms with Gasteiger partial charge in [-0.25, -0.2) is 0 Å². The number of rotatable bonds is 6. The van der Waals surface area contributed by atoms with E-state index in [2.05, 4.69) is 22.4 Å². The van der Waals surface area contributed by atoms with E-state index in [9.17, 15) is 4.79 Å². The lowest BCUT2D eigenvalue weighted by atomic mass is 9.86. The topological polar surface area (TPSA) is 73.0 Å². The third kappa shape index (κ3) is 3.94. The molecule has 4 rings (SSSR count). The van der Waals surface area contributed by atoms with Crippen molar-refractivity contribution in [1.82, 2.24) is 20.1 Å². The Bertz CT molecular complexity index is 931. The highest BCUT2D eigenvalue weighted by molar-refractivity contribution is 7.99. The predicted octanol–water partition coefficient (Wildman–Crippen LogP) is 4.50. The largest absolute Gasteiger partial charge is 0.453 e. The molecule has 2 heterocycles. The van der Waals surface area contributed by atoms with E-state index in [1.165, 1.54) is 31.0 Å². The molecule has 0 bridgehead atoms. The van der Waals surface area contributed by atoms with Gasteiger partial charge in [0, 0.05) is 18.0 Å². The number of nitrogens with one attached hydrogen (secondary N) is 1. The highest BCUT2D eigenvalue weighted by Crippen LogP contribution is 2.29. The molecule has 148 valence electrons. The number of fused-ring (bicyclic) bond motifs is 1. The van der Waals surface area contributed by atoms with Gasteiger partial charge in [0.25, 0.3) is 0 Å². The fourth-order valence-electron chi connectivity index (χ4n) is 3.86. The molecule has 1 N–H and O–H groups in total. The number of thioether (sulfide) groups is 1. The van der Waals surface area contributed by atoms with Gasteiger partial charge in [-0.3, -0.25) is 9.36 Å². The quantitative estimate of drug-likeness (QED) is 0.619. The van der Waals surface area contributed by atoms with E-state index in [1.54, 1.807) is 0 Å². The summed E-state index contributed by atoms with van der Waals surface area (Å²) < 4.78 is 7.93. The highest BCUT2D eigenvalue weighted by Gasteiger charge is 2.23. The maximum atomic E-state index is 12.4. The Morgan fingerprint density at radius 2 is 2.11 bits per heavy atom.